The van der Waals surface area contributed by atoms with Crippen molar-refractivity contribution in [1.82, 2.24) is 10.2 Å². The van der Waals surface area contributed by atoms with Crippen LogP contribution in [0.1, 0.15) is 33.6 Å². The fourth-order valence-corrected chi connectivity index (χ4v) is 2.25. The Labute approximate surface area is 94.7 Å². The number of hydrogen-bond donors (Lipinski definition) is 1. The van der Waals surface area contributed by atoms with Crippen molar-refractivity contribution in [2.45, 2.75) is 39.7 Å². The molecule has 0 aromatic rings. The predicted octanol–water partition coefficient (Wildman–Crippen LogP) is 2.27. The van der Waals surface area contributed by atoms with Gasteiger partial charge in [0.05, 0.1) is 0 Å². The van der Waals surface area contributed by atoms with Gasteiger partial charge >= 0.3 is 0 Å². The van der Waals surface area contributed by atoms with E-state index in [-0.39, 0.29) is 0 Å². The van der Waals surface area contributed by atoms with E-state index < -0.39 is 0 Å². The molecule has 1 rings (SSSR count). The van der Waals surface area contributed by atoms with Gasteiger partial charge in [-0.15, -0.1) is 0 Å². The normalized spacial score (nSPS) is 27.9. The first-order valence-corrected chi connectivity index (χ1v) is 6.24. The van der Waals surface area contributed by atoms with Gasteiger partial charge in [-0.2, -0.15) is 0 Å². The zero-order chi connectivity index (χ0) is 11.3. The Hall–Kier alpha value is -0.340. The summed E-state index contributed by atoms with van der Waals surface area (Å²) in [5.74, 6) is 0.855. The minimum Gasteiger partial charge on any atom is -0.313 e. The van der Waals surface area contributed by atoms with E-state index in [1.54, 1.807) is 0 Å². The van der Waals surface area contributed by atoms with E-state index in [0.717, 1.165) is 31.6 Å². The van der Waals surface area contributed by atoms with Gasteiger partial charge in [0.2, 0.25) is 0 Å². The molecule has 88 valence electrons. The molecule has 0 bridgehead atoms. The molecular weight excluding hydrogens is 184 g/mol. The molecule has 2 heteroatoms. The predicted molar refractivity (Wildman–Crippen MR) is 67.1 cm³/mol. The average Bonchev–Trinajstić information content (AvgIpc) is 2.20. The molecule has 1 aliphatic heterocycles. The molecule has 0 aromatic carbocycles. The lowest BCUT2D eigenvalue weighted by Crippen LogP contribution is -2.42. The average molecular weight is 210 g/mol. The van der Waals surface area contributed by atoms with Gasteiger partial charge in [-0.1, -0.05) is 20.4 Å². The summed E-state index contributed by atoms with van der Waals surface area (Å²) in [5, 5.41) is 3.34. The fourth-order valence-electron chi connectivity index (χ4n) is 2.25. The highest BCUT2D eigenvalue weighted by Gasteiger charge is 2.22. The number of nitrogens with zero attached hydrogens (tertiary/aromatic N) is 1. The summed E-state index contributed by atoms with van der Waals surface area (Å²) >= 11 is 0. The molecule has 0 amide bonds. The van der Waals surface area contributed by atoms with Gasteiger partial charge in [0.25, 0.3) is 0 Å². The van der Waals surface area contributed by atoms with Crippen LogP contribution in [0.5, 0.6) is 0 Å². The van der Waals surface area contributed by atoms with Gasteiger partial charge in [-0.25, -0.2) is 0 Å². The lowest BCUT2D eigenvalue weighted by atomic mass is 9.94. The van der Waals surface area contributed by atoms with E-state index in [9.17, 15) is 0 Å². The molecule has 0 aliphatic carbocycles. The molecule has 0 radical (unpaired) electrons. The number of hydrogen-bond acceptors (Lipinski definition) is 2. The van der Waals surface area contributed by atoms with E-state index in [0.29, 0.717) is 0 Å². The first-order chi connectivity index (χ1) is 7.13. The van der Waals surface area contributed by atoms with Crippen LogP contribution in [-0.4, -0.2) is 37.1 Å². The van der Waals surface area contributed by atoms with Crippen LogP contribution in [0.3, 0.4) is 0 Å². The van der Waals surface area contributed by atoms with Gasteiger partial charge < -0.3 is 5.32 Å². The van der Waals surface area contributed by atoms with Gasteiger partial charge in [0, 0.05) is 25.7 Å². The van der Waals surface area contributed by atoms with Crippen molar-refractivity contribution in [1.29, 1.82) is 0 Å². The quantitative estimate of drug-likeness (QED) is 0.700. The van der Waals surface area contributed by atoms with E-state index in [1.807, 2.05) is 0 Å². The largest absolute Gasteiger partial charge is 0.313 e. The Morgan fingerprint density at radius 2 is 2.13 bits per heavy atom. The summed E-state index contributed by atoms with van der Waals surface area (Å²) in [6, 6.07) is 0.736. The van der Waals surface area contributed by atoms with Crippen molar-refractivity contribution >= 4 is 0 Å². The highest BCUT2D eigenvalue weighted by molar-refractivity contribution is 5.01. The molecule has 1 aliphatic rings. The lowest BCUT2D eigenvalue weighted by molar-refractivity contribution is 0.136. The van der Waals surface area contributed by atoms with Gasteiger partial charge in [0.1, 0.15) is 0 Å². The van der Waals surface area contributed by atoms with Gasteiger partial charge in [-0.3, -0.25) is 4.90 Å². The smallest absolute Gasteiger partial charge is 0.0205 e. The minimum absolute atomic E-state index is 0.736. The monoisotopic (exact) mass is 210 g/mol. The van der Waals surface area contributed by atoms with Crippen LogP contribution >= 0.6 is 0 Å². The second-order valence-electron chi connectivity index (χ2n) is 4.99. The lowest BCUT2D eigenvalue weighted by Gasteiger charge is -2.37. The first-order valence-electron chi connectivity index (χ1n) is 6.24. The number of likely N-dealkylation sites (N-methyl/N-ethyl adjacent to an activating group) is 1. The topological polar surface area (TPSA) is 15.3 Å². The summed E-state index contributed by atoms with van der Waals surface area (Å²) in [5.41, 5.74) is 1.32. The van der Waals surface area contributed by atoms with Crippen molar-refractivity contribution in [2.24, 2.45) is 5.92 Å². The van der Waals surface area contributed by atoms with Crippen molar-refractivity contribution in [3.63, 3.8) is 0 Å². The molecule has 2 nitrogen and oxygen atoms in total. The van der Waals surface area contributed by atoms with E-state index in [2.05, 4.69) is 37.6 Å². The summed E-state index contributed by atoms with van der Waals surface area (Å²) in [4.78, 5) is 2.58. The van der Waals surface area contributed by atoms with Crippen LogP contribution in [0, 0.1) is 5.92 Å². The zero-order valence-corrected chi connectivity index (χ0v) is 10.6. The summed E-state index contributed by atoms with van der Waals surface area (Å²) in [7, 11) is 0. The maximum atomic E-state index is 4.14. The highest BCUT2D eigenvalue weighted by atomic mass is 15.2. The molecule has 1 fully saturated rings. The first kappa shape index (κ1) is 12.7. The Morgan fingerprint density at radius 1 is 1.40 bits per heavy atom. The Balaban J connectivity index is 2.31. The number of nitrogens with one attached hydrogen (secondary N) is 1. The SMILES string of the molecule is C=C(CNCC)CN1CC(C)CCC1C. The van der Waals surface area contributed by atoms with Crippen molar-refractivity contribution in [3.8, 4) is 0 Å². The van der Waals surface area contributed by atoms with Crippen molar-refractivity contribution < 1.29 is 0 Å². The molecule has 15 heavy (non-hydrogen) atoms. The third-order valence-corrected chi connectivity index (χ3v) is 3.30. The Morgan fingerprint density at radius 3 is 2.80 bits per heavy atom. The number of rotatable bonds is 5. The van der Waals surface area contributed by atoms with Crippen LogP contribution in [0.25, 0.3) is 0 Å². The third kappa shape index (κ3) is 4.35. The minimum atomic E-state index is 0.736. The fraction of sp³-hybridized carbons (Fsp3) is 0.846. The van der Waals surface area contributed by atoms with Crippen LogP contribution in [0.15, 0.2) is 12.2 Å². The molecule has 1 heterocycles. The second kappa shape index (κ2) is 6.29. The van der Waals surface area contributed by atoms with Crippen LogP contribution in [-0.2, 0) is 0 Å². The van der Waals surface area contributed by atoms with Crippen LogP contribution in [0.4, 0.5) is 0 Å². The molecule has 1 saturated heterocycles. The number of likely N-dealkylation sites (tertiary alicyclic amines) is 1. The molecular formula is C13H26N2. The second-order valence-corrected chi connectivity index (χ2v) is 4.99. The zero-order valence-electron chi connectivity index (χ0n) is 10.6. The van der Waals surface area contributed by atoms with Gasteiger partial charge in [-0.05, 0) is 37.8 Å². The molecule has 2 unspecified atom stereocenters. The van der Waals surface area contributed by atoms with Crippen molar-refractivity contribution in [2.75, 3.05) is 26.2 Å². The molecule has 2 atom stereocenters. The molecule has 0 saturated carbocycles. The maximum absolute atomic E-state index is 4.14. The summed E-state index contributed by atoms with van der Waals surface area (Å²) in [6.07, 6.45) is 2.73. The van der Waals surface area contributed by atoms with E-state index >= 15 is 0 Å². The van der Waals surface area contributed by atoms with E-state index in [4.69, 9.17) is 0 Å². The Bertz CT molecular complexity index is 201. The highest BCUT2D eigenvalue weighted by Crippen LogP contribution is 2.21. The summed E-state index contributed by atoms with van der Waals surface area (Å²) in [6.45, 7) is 15.3. The summed E-state index contributed by atoms with van der Waals surface area (Å²) < 4.78 is 0. The van der Waals surface area contributed by atoms with Crippen molar-refractivity contribution in [3.05, 3.63) is 12.2 Å². The van der Waals surface area contributed by atoms with Gasteiger partial charge in [0.15, 0.2) is 0 Å². The third-order valence-electron chi connectivity index (χ3n) is 3.30. The Kier molecular flexibility index (Phi) is 5.34. The van der Waals surface area contributed by atoms with Crippen LogP contribution in [0.2, 0.25) is 0 Å². The number of piperidine rings is 1. The standard InChI is InChI=1S/C13H26N2/c1-5-14-8-12(3)10-15-9-11(2)6-7-13(15)4/h11,13-14H,3,5-10H2,1-2,4H3. The van der Waals surface area contributed by atoms with Crippen LogP contribution < -0.4 is 5.32 Å². The molecule has 1 N–H and O–H groups in total. The maximum Gasteiger partial charge on any atom is 0.0205 e. The van der Waals surface area contributed by atoms with E-state index in [1.165, 1.54) is 25.0 Å². The molecule has 0 spiro atoms. The molecule has 0 aromatic heterocycles.